The number of alkyl halides is 6. The van der Waals surface area contributed by atoms with Crippen LogP contribution in [0, 0.1) is 0 Å². The van der Waals surface area contributed by atoms with Crippen molar-refractivity contribution in [2.75, 3.05) is 0 Å². The molecule has 0 N–H and O–H groups in total. The van der Waals surface area contributed by atoms with E-state index in [1.54, 1.807) is 0 Å². The lowest BCUT2D eigenvalue weighted by Gasteiger charge is -2.17. The Kier molecular flexibility index (Phi) is 4.51. The molecule has 3 nitrogen and oxygen atoms in total. The predicted molar refractivity (Wildman–Crippen MR) is 54.4 cm³/mol. The van der Waals surface area contributed by atoms with Crippen LogP contribution < -0.4 is 9.47 Å². The summed E-state index contributed by atoms with van der Waals surface area (Å²) in [6, 6.07) is 2.52. The molecule has 0 aliphatic rings. The molecular weight excluding hydrogens is 294 g/mol. The molecule has 0 spiro atoms. The minimum atomic E-state index is -5.26. The molecule has 0 heterocycles. The Morgan fingerprint density at radius 1 is 1.05 bits per heavy atom. The maximum atomic E-state index is 12.2. The standard InChI is InChI=1S/C11H8F6O3/c1-2-7(18)6-4-3-5-8(19-10(12,13)14)9(6)20-11(15,16)17/h3-5H,2H2,1H3. The van der Waals surface area contributed by atoms with Crippen LogP contribution >= 0.6 is 0 Å². The van der Waals surface area contributed by atoms with Crippen molar-refractivity contribution in [2.45, 2.75) is 26.1 Å². The first-order chi connectivity index (χ1) is 9.03. The zero-order chi connectivity index (χ0) is 15.6. The molecule has 0 saturated carbocycles. The number of halogens is 6. The van der Waals surface area contributed by atoms with Crippen molar-refractivity contribution in [1.29, 1.82) is 0 Å². The van der Waals surface area contributed by atoms with Gasteiger partial charge in [-0.05, 0) is 12.1 Å². The van der Waals surface area contributed by atoms with E-state index >= 15 is 0 Å². The van der Waals surface area contributed by atoms with Crippen molar-refractivity contribution in [1.82, 2.24) is 0 Å². The fraction of sp³-hybridized carbons (Fsp3) is 0.364. The number of benzene rings is 1. The number of carbonyl (C=O) groups excluding carboxylic acids is 1. The van der Waals surface area contributed by atoms with Crippen molar-refractivity contribution >= 4 is 5.78 Å². The smallest absolute Gasteiger partial charge is 0.402 e. The van der Waals surface area contributed by atoms with E-state index in [0.717, 1.165) is 12.1 Å². The van der Waals surface area contributed by atoms with E-state index in [1.807, 2.05) is 0 Å². The van der Waals surface area contributed by atoms with Gasteiger partial charge in [0.2, 0.25) is 0 Å². The lowest BCUT2D eigenvalue weighted by atomic mass is 10.1. The van der Waals surface area contributed by atoms with E-state index in [-0.39, 0.29) is 6.42 Å². The van der Waals surface area contributed by atoms with E-state index in [1.165, 1.54) is 6.92 Å². The highest BCUT2D eigenvalue weighted by Gasteiger charge is 2.38. The molecule has 1 rings (SSSR count). The van der Waals surface area contributed by atoms with Crippen LogP contribution in [0.4, 0.5) is 26.3 Å². The molecule has 0 radical (unpaired) electrons. The Bertz CT molecular complexity index is 492. The molecule has 0 unspecified atom stereocenters. The monoisotopic (exact) mass is 302 g/mol. The Morgan fingerprint density at radius 2 is 1.60 bits per heavy atom. The largest absolute Gasteiger partial charge is 0.573 e. The summed E-state index contributed by atoms with van der Waals surface area (Å²) < 4.78 is 80.0. The average molecular weight is 302 g/mol. The average Bonchev–Trinajstić information content (AvgIpc) is 2.26. The third kappa shape index (κ3) is 4.63. The first-order valence-electron chi connectivity index (χ1n) is 5.21. The van der Waals surface area contributed by atoms with Crippen LogP contribution in [0.3, 0.4) is 0 Å². The van der Waals surface area contributed by atoms with Crippen molar-refractivity contribution in [2.24, 2.45) is 0 Å². The second-order valence-corrected chi connectivity index (χ2v) is 3.51. The Morgan fingerprint density at radius 3 is 2.05 bits per heavy atom. The summed E-state index contributed by atoms with van der Waals surface area (Å²) >= 11 is 0. The van der Waals surface area contributed by atoms with Crippen LogP contribution in [-0.4, -0.2) is 18.5 Å². The highest BCUT2D eigenvalue weighted by molar-refractivity contribution is 5.99. The van der Waals surface area contributed by atoms with Gasteiger partial charge < -0.3 is 9.47 Å². The lowest BCUT2D eigenvalue weighted by Crippen LogP contribution is -2.22. The van der Waals surface area contributed by atoms with Gasteiger partial charge in [-0.3, -0.25) is 4.79 Å². The number of hydrogen-bond donors (Lipinski definition) is 0. The second-order valence-electron chi connectivity index (χ2n) is 3.51. The second kappa shape index (κ2) is 5.59. The molecule has 0 aromatic heterocycles. The first kappa shape index (κ1) is 16.1. The molecule has 0 amide bonds. The van der Waals surface area contributed by atoms with Gasteiger partial charge in [0, 0.05) is 6.42 Å². The lowest BCUT2D eigenvalue weighted by molar-refractivity contribution is -0.287. The van der Waals surface area contributed by atoms with Gasteiger partial charge >= 0.3 is 12.7 Å². The van der Waals surface area contributed by atoms with Crippen LogP contribution in [-0.2, 0) is 0 Å². The van der Waals surface area contributed by atoms with Crippen molar-refractivity contribution in [3.63, 3.8) is 0 Å². The van der Waals surface area contributed by atoms with Gasteiger partial charge in [-0.15, -0.1) is 26.3 Å². The third-order valence-corrected chi connectivity index (χ3v) is 2.04. The number of Topliss-reactive ketones (excluding diaryl/α,β-unsaturated/α-hetero) is 1. The Hall–Kier alpha value is -1.93. The van der Waals surface area contributed by atoms with Crippen LogP contribution in [0.5, 0.6) is 11.5 Å². The van der Waals surface area contributed by atoms with Gasteiger partial charge in [-0.2, -0.15) is 0 Å². The molecule has 0 aliphatic heterocycles. The first-order valence-corrected chi connectivity index (χ1v) is 5.21. The maximum absolute atomic E-state index is 12.2. The molecule has 0 bridgehead atoms. The number of ether oxygens (including phenoxy) is 2. The van der Waals surface area contributed by atoms with Crippen LogP contribution in [0.25, 0.3) is 0 Å². The summed E-state index contributed by atoms with van der Waals surface area (Å²) in [4.78, 5) is 11.5. The van der Waals surface area contributed by atoms with Crippen LogP contribution in [0.2, 0.25) is 0 Å². The van der Waals surface area contributed by atoms with Gasteiger partial charge in [0.15, 0.2) is 17.3 Å². The van der Waals surface area contributed by atoms with E-state index in [4.69, 9.17) is 0 Å². The van der Waals surface area contributed by atoms with Crippen molar-refractivity contribution < 1.29 is 40.6 Å². The number of carbonyl (C=O) groups is 1. The SMILES string of the molecule is CCC(=O)c1cccc(OC(F)(F)F)c1OC(F)(F)F. The Balaban J connectivity index is 3.32. The summed E-state index contributed by atoms with van der Waals surface area (Å²) in [5, 5.41) is 0. The quantitative estimate of drug-likeness (QED) is 0.621. The molecule has 0 fully saturated rings. The van der Waals surface area contributed by atoms with E-state index in [2.05, 4.69) is 9.47 Å². The third-order valence-electron chi connectivity index (χ3n) is 2.04. The molecule has 1 aromatic rings. The minimum absolute atomic E-state index is 0.205. The van der Waals surface area contributed by atoms with Gasteiger partial charge in [-0.1, -0.05) is 13.0 Å². The molecule has 0 atom stereocenters. The fourth-order valence-corrected chi connectivity index (χ4v) is 1.35. The maximum Gasteiger partial charge on any atom is 0.573 e. The van der Waals surface area contributed by atoms with Crippen LogP contribution in [0.1, 0.15) is 23.7 Å². The number of rotatable bonds is 4. The van der Waals surface area contributed by atoms with Crippen LogP contribution in [0.15, 0.2) is 18.2 Å². The normalized spacial score (nSPS) is 12.2. The van der Waals surface area contributed by atoms with Crippen molar-refractivity contribution in [3.05, 3.63) is 23.8 Å². The van der Waals surface area contributed by atoms with E-state index < -0.39 is 35.6 Å². The summed E-state index contributed by atoms with van der Waals surface area (Å²) in [5.41, 5.74) is -0.633. The molecule has 112 valence electrons. The predicted octanol–water partition coefficient (Wildman–Crippen LogP) is 4.08. The summed E-state index contributed by atoms with van der Waals surface area (Å²) in [6.45, 7) is 1.34. The summed E-state index contributed by atoms with van der Waals surface area (Å²) in [5.74, 6) is -3.34. The van der Waals surface area contributed by atoms with Gasteiger partial charge in [-0.25, -0.2) is 0 Å². The summed E-state index contributed by atoms with van der Waals surface area (Å²) in [6.07, 6.45) is -10.7. The molecule has 1 aromatic carbocycles. The minimum Gasteiger partial charge on any atom is -0.402 e. The van der Waals surface area contributed by atoms with Gasteiger partial charge in [0.05, 0.1) is 5.56 Å². The van der Waals surface area contributed by atoms with Gasteiger partial charge in [0.25, 0.3) is 0 Å². The number of hydrogen-bond acceptors (Lipinski definition) is 3. The topological polar surface area (TPSA) is 35.5 Å². The number of ketones is 1. The molecule has 9 heteroatoms. The molecule has 0 saturated heterocycles. The Labute approximate surface area is 109 Å². The molecule has 20 heavy (non-hydrogen) atoms. The fourth-order valence-electron chi connectivity index (χ4n) is 1.35. The van der Waals surface area contributed by atoms with E-state index in [0.29, 0.717) is 6.07 Å². The molecular formula is C11H8F6O3. The molecule has 0 aliphatic carbocycles. The summed E-state index contributed by atoms with van der Waals surface area (Å²) in [7, 11) is 0. The van der Waals surface area contributed by atoms with Crippen molar-refractivity contribution in [3.8, 4) is 11.5 Å². The zero-order valence-corrected chi connectivity index (χ0v) is 9.93. The zero-order valence-electron chi connectivity index (χ0n) is 9.93. The highest BCUT2D eigenvalue weighted by Crippen LogP contribution is 2.38. The number of para-hydroxylation sites is 1. The van der Waals surface area contributed by atoms with Gasteiger partial charge in [0.1, 0.15) is 0 Å². The highest BCUT2D eigenvalue weighted by atomic mass is 19.4. The van der Waals surface area contributed by atoms with E-state index in [9.17, 15) is 31.1 Å².